The van der Waals surface area contributed by atoms with Gasteiger partial charge in [0, 0.05) is 12.8 Å². The minimum atomic E-state index is -5.12. The fourth-order valence-electron chi connectivity index (χ4n) is 7.59. The monoisotopic (exact) mass is 917 g/mol. The molecule has 0 aromatic rings. The van der Waals surface area contributed by atoms with E-state index in [4.69, 9.17) is 18.5 Å². The number of rotatable bonds is 42. The van der Waals surface area contributed by atoms with Gasteiger partial charge in [-0.15, -0.1) is 6.58 Å². The molecular weight excluding hydrogens is 828 g/mol. The number of aliphatic hydroxyl groups is 5. The number of carbonyl (C=O) groups excluding carboxylic acids is 2. The lowest BCUT2D eigenvalue weighted by molar-refractivity contribution is -0.220. The van der Waals surface area contributed by atoms with Gasteiger partial charge in [-0.25, -0.2) is 4.57 Å². The first kappa shape index (κ1) is 59.1. The minimum Gasteiger partial charge on any atom is -0.462 e. The van der Waals surface area contributed by atoms with Crippen molar-refractivity contribution in [3.63, 3.8) is 0 Å². The Labute approximate surface area is 380 Å². The summed E-state index contributed by atoms with van der Waals surface area (Å²) in [5.74, 6) is -1.10. The Morgan fingerprint density at radius 2 is 0.937 bits per heavy atom. The van der Waals surface area contributed by atoms with Crippen LogP contribution in [-0.2, 0) is 32.7 Å². The van der Waals surface area contributed by atoms with E-state index in [1.165, 1.54) is 103 Å². The first-order chi connectivity index (χ1) is 30.4. The third-order valence-electron chi connectivity index (χ3n) is 11.6. The second-order valence-corrected chi connectivity index (χ2v) is 18.8. The van der Waals surface area contributed by atoms with Gasteiger partial charge >= 0.3 is 19.8 Å². The van der Waals surface area contributed by atoms with Crippen molar-refractivity contribution in [1.29, 1.82) is 0 Å². The largest absolute Gasteiger partial charge is 0.472 e. The molecule has 13 nitrogen and oxygen atoms in total. The predicted molar refractivity (Wildman–Crippen MR) is 249 cm³/mol. The van der Waals surface area contributed by atoms with Gasteiger partial charge in [0.25, 0.3) is 0 Å². The molecule has 1 fully saturated rings. The molecule has 0 heterocycles. The van der Waals surface area contributed by atoms with Crippen LogP contribution >= 0.6 is 7.82 Å². The standard InChI is InChI=1S/C49H89O13P/c1-3-5-7-9-11-13-15-17-19-20-21-22-24-25-27-29-31-33-35-37-42(50)59-39-41(40-60-63(57,58)62-49-47(55)45(53)44(52)46(54)48(49)56)61-43(51)38-36-34-32-30-28-26-23-18-16-14-12-10-8-6-4-2/h4,11,13,17,19,41,44-49,52-56H,2-3,5-10,12,14-16,18,20-40H2,1H3,(H,57,58)/b13-11+,19-17+/t41-,44?,45-,46?,47?,48?,49?/m0/s1. The van der Waals surface area contributed by atoms with Gasteiger partial charge in [0.05, 0.1) is 6.61 Å². The van der Waals surface area contributed by atoms with Gasteiger partial charge in [-0.1, -0.05) is 166 Å². The van der Waals surface area contributed by atoms with E-state index >= 15 is 0 Å². The number of phosphoric ester groups is 1. The predicted octanol–water partition coefficient (Wildman–Crippen LogP) is 10.2. The molecule has 0 radical (unpaired) electrons. The van der Waals surface area contributed by atoms with E-state index < -0.39 is 75.7 Å². The quantitative estimate of drug-likeness (QED) is 0.0146. The first-order valence-corrected chi connectivity index (χ1v) is 26.2. The van der Waals surface area contributed by atoms with Crippen LogP contribution in [0.5, 0.6) is 0 Å². The minimum absolute atomic E-state index is 0.0950. The summed E-state index contributed by atoms with van der Waals surface area (Å²) in [4.78, 5) is 35.8. The van der Waals surface area contributed by atoms with Crippen LogP contribution in [0.25, 0.3) is 0 Å². The summed E-state index contributed by atoms with van der Waals surface area (Å²) in [6, 6.07) is 0. The summed E-state index contributed by atoms with van der Waals surface area (Å²) in [6.07, 6.45) is 30.8. The second kappa shape index (κ2) is 39.3. The number of carbonyl (C=O) groups is 2. The van der Waals surface area contributed by atoms with Gasteiger partial charge in [0.15, 0.2) is 6.10 Å². The number of unbranched alkanes of at least 4 members (excludes halogenated alkanes) is 25. The molecule has 6 N–H and O–H groups in total. The van der Waals surface area contributed by atoms with E-state index in [9.17, 15) is 44.6 Å². The number of hydrogen-bond acceptors (Lipinski definition) is 12. The van der Waals surface area contributed by atoms with Gasteiger partial charge in [0.1, 0.15) is 43.2 Å². The highest BCUT2D eigenvalue weighted by atomic mass is 31.2. The third-order valence-corrected chi connectivity index (χ3v) is 12.6. The van der Waals surface area contributed by atoms with Crippen LogP contribution in [0, 0.1) is 0 Å². The molecule has 0 aromatic carbocycles. The molecule has 0 aliphatic heterocycles. The fraction of sp³-hybridized carbons (Fsp3) is 0.837. The van der Waals surface area contributed by atoms with Crippen LogP contribution in [0.4, 0.5) is 0 Å². The molecule has 1 aliphatic rings. The molecule has 0 aromatic heterocycles. The molecule has 1 saturated carbocycles. The van der Waals surface area contributed by atoms with Crippen LogP contribution in [0.15, 0.2) is 37.0 Å². The molecule has 63 heavy (non-hydrogen) atoms. The number of esters is 2. The van der Waals surface area contributed by atoms with Crippen LogP contribution < -0.4 is 0 Å². The maximum absolute atomic E-state index is 12.8. The summed E-state index contributed by atoms with van der Waals surface area (Å²) >= 11 is 0. The molecule has 0 saturated heterocycles. The highest BCUT2D eigenvalue weighted by Crippen LogP contribution is 2.47. The van der Waals surface area contributed by atoms with Gasteiger partial charge < -0.3 is 39.9 Å². The number of phosphoric acid groups is 1. The molecule has 0 spiro atoms. The van der Waals surface area contributed by atoms with Crippen molar-refractivity contribution in [2.45, 2.75) is 249 Å². The van der Waals surface area contributed by atoms with E-state index in [1.807, 2.05) is 6.08 Å². The van der Waals surface area contributed by atoms with E-state index in [1.54, 1.807) is 0 Å². The van der Waals surface area contributed by atoms with Crippen LogP contribution in [0.2, 0.25) is 0 Å². The van der Waals surface area contributed by atoms with Crippen molar-refractivity contribution in [3.8, 4) is 0 Å². The summed E-state index contributed by atoms with van der Waals surface area (Å²) < 4.78 is 33.6. The zero-order chi connectivity index (χ0) is 46.4. The van der Waals surface area contributed by atoms with Crippen LogP contribution in [0.3, 0.4) is 0 Å². The van der Waals surface area contributed by atoms with E-state index in [-0.39, 0.29) is 12.8 Å². The summed E-state index contributed by atoms with van der Waals surface area (Å²) in [7, 11) is -5.12. The Bertz CT molecular complexity index is 1230. The molecule has 8 atom stereocenters. The number of aliphatic hydroxyl groups excluding tert-OH is 5. The first-order valence-electron chi connectivity index (χ1n) is 24.8. The summed E-state index contributed by atoms with van der Waals surface area (Å²) in [6.45, 7) is 4.82. The Hall–Kier alpha value is -1.93. The van der Waals surface area contributed by atoms with Crippen molar-refractivity contribution in [2.24, 2.45) is 0 Å². The van der Waals surface area contributed by atoms with Gasteiger partial charge in [-0.3, -0.25) is 18.6 Å². The Morgan fingerprint density at radius 1 is 0.540 bits per heavy atom. The van der Waals surface area contributed by atoms with Crippen molar-refractivity contribution >= 4 is 19.8 Å². The van der Waals surface area contributed by atoms with Gasteiger partial charge in [0.2, 0.25) is 0 Å². The number of allylic oxidation sites excluding steroid dienone is 5. The normalized spacial score (nSPS) is 21.8. The summed E-state index contributed by atoms with van der Waals surface area (Å²) in [5, 5.41) is 50.2. The van der Waals surface area contributed by atoms with E-state index in [0.29, 0.717) is 12.8 Å². The zero-order valence-corrected chi connectivity index (χ0v) is 39.9. The molecular formula is C49H89O13P. The summed E-state index contributed by atoms with van der Waals surface area (Å²) in [5.41, 5.74) is 0. The molecule has 1 rings (SSSR count). The highest BCUT2D eigenvalue weighted by molar-refractivity contribution is 7.47. The Kier molecular flexibility index (Phi) is 36.8. The van der Waals surface area contributed by atoms with Gasteiger partial charge in [-0.05, 0) is 57.8 Å². The van der Waals surface area contributed by atoms with Crippen molar-refractivity contribution in [3.05, 3.63) is 37.0 Å². The average Bonchev–Trinajstić information content (AvgIpc) is 3.26. The Balaban J connectivity index is 2.40. The van der Waals surface area contributed by atoms with E-state index in [2.05, 4.69) is 37.8 Å². The lowest BCUT2D eigenvalue weighted by atomic mass is 9.85. The lowest BCUT2D eigenvalue weighted by Crippen LogP contribution is -2.64. The topological polar surface area (TPSA) is 210 Å². The zero-order valence-electron chi connectivity index (χ0n) is 39.0. The smallest absolute Gasteiger partial charge is 0.462 e. The number of hydrogen-bond donors (Lipinski definition) is 6. The van der Waals surface area contributed by atoms with Gasteiger partial charge in [-0.2, -0.15) is 0 Å². The SMILES string of the molecule is C=CCCCCCCCCCCCCCCCC(=O)O[C@@H](COC(=O)CCCCCCCCCCC/C=C/C/C=C/CCCCC)COP(=O)(O)OC1C(O)C(O)C(O)[C@H](O)C1O. The van der Waals surface area contributed by atoms with Crippen molar-refractivity contribution in [1.82, 2.24) is 0 Å². The van der Waals surface area contributed by atoms with Crippen LogP contribution in [-0.4, -0.2) is 98.3 Å². The average molecular weight is 917 g/mol. The van der Waals surface area contributed by atoms with Crippen molar-refractivity contribution < 1.29 is 63.1 Å². The molecule has 1 aliphatic carbocycles. The molecule has 0 amide bonds. The van der Waals surface area contributed by atoms with E-state index in [0.717, 1.165) is 70.6 Å². The maximum Gasteiger partial charge on any atom is 0.472 e. The fourth-order valence-corrected chi connectivity index (χ4v) is 8.57. The highest BCUT2D eigenvalue weighted by Gasteiger charge is 2.51. The molecule has 6 unspecified atom stereocenters. The van der Waals surface area contributed by atoms with Crippen LogP contribution in [0.1, 0.15) is 206 Å². The van der Waals surface area contributed by atoms with Crippen molar-refractivity contribution in [2.75, 3.05) is 13.2 Å². The third kappa shape index (κ3) is 31.6. The lowest BCUT2D eigenvalue weighted by Gasteiger charge is -2.41. The molecule has 0 bridgehead atoms. The Morgan fingerprint density at radius 3 is 1.40 bits per heavy atom. The maximum atomic E-state index is 12.8. The number of ether oxygens (including phenoxy) is 2. The molecule has 368 valence electrons. The second-order valence-electron chi connectivity index (χ2n) is 17.4. The molecule has 14 heteroatoms.